The molecular formula is C9H13N3O3S. The molecule has 1 amide bonds. The zero-order chi connectivity index (χ0) is 12.1. The van der Waals surface area contributed by atoms with Gasteiger partial charge in [-0.2, -0.15) is 0 Å². The highest BCUT2D eigenvalue weighted by molar-refractivity contribution is 7.12. The molecule has 1 rings (SSSR count). The molecule has 0 unspecified atom stereocenters. The number of methoxy groups -OCH3 is 1. The van der Waals surface area contributed by atoms with Crippen LogP contribution in [-0.2, 0) is 0 Å². The minimum atomic E-state index is -0.195. The Balaban J connectivity index is 2.70. The molecule has 1 aromatic heterocycles. The van der Waals surface area contributed by atoms with Gasteiger partial charge in [-0.25, -0.2) is 0 Å². The summed E-state index contributed by atoms with van der Waals surface area (Å²) >= 11 is 1.29. The van der Waals surface area contributed by atoms with Crippen LogP contribution < -0.4 is 10.5 Å². The molecular weight excluding hydrogens is 230 g/mol. The molecule has 0 fully saturated rings. The molecule has 0 radical (unpaired) electrons. The Labute approximate surface area is 96.9 Å². The number of likely N-dealkylation sites (N-methyl/N-ethyl adjacent to an activating group) is 1. The molecule has 0 aromatic carbocycles. The third-order valence-electron chi connectivity index (χ3n) is 1.90. The van der Waals surface area contributed by atoms with Gasteiger partial charge in [-0.3, -0.25) is 4.79 Å². The molecule has 1 aromatic rings. The Morgan fingerprint density at radius 2 is 2.44 bits per heavy atom. The third kappa shape index (κ3) is 2.86. The molecule has 0 bridgehead atoms. The fourth-order valence-electron chi connectivity index (χ4n) is 1.07. The zero-order valence-corrected chi connectivity index (χ0v) is 9.82. The van der Waals surface area contributed by atoms with Crippen molar-refractivity contribution >= 4 is 23.1 Å². The van der Waals surface area contributed by atoms with Crippen molar-refractivity contribution in [3.8, 4) is 5.75 Å². The molecule has 0 aliphatic carbocycles. The van der Waals surface area contributed by atoms with Crippen molar-refractivity contribution in [2.75, 3.05) is 20.7 Å². The predicted molar refractivity (Wildman–Crippen MR) is 61.2 cm³/mol. The largest absolute Gasteiger partial charge is 0.496 e. The topological polar surface area (TPSA) is 88.2 Å². The first-order valence-corrected chi connectivity index (χ1v) is 5.30. The van der Waals surface area contributed by atoms with Crippen LogP contribution in [0.15, 0.2) is 16.6 Å². The number of hydrogen-bond donors (Lipinski definition) is 2. The van der Waals surface area contributed by atoms with E-state index in [4.69, 9.17) is 15.7 Å². The molecule has 16 heavy (non-hydrogen) atoms. The van der Waals surface area contributed by atoms with Gasteiger partial charge < -0.3 is 20.6 Å². The number of amidine groups is 1. The highest BCUT2D eigenvalue weighted by atomic mass is 32.1. The smallest absolute Gasteiger partial charge is 0.264 e. The van der Waals surface area contributed by atoms with E-state index in [2.05, 4.69) is 5.16 Å². The lowest BCUT2D eigenvalue weighted by atomic mass is 10.4. The number of carbonyl (C=O) groups is 1. The number of ether oxygens (including phenoxy) is 1. The molecule has 0 aliphatic heterocycles. The van der Waals surface area contributed by atoms with Crippen molar-refractivity contribution < 1.29 is 14.7 Å². The molecule has 0 saturated carbocycles. The van der Waals surface area contributed by atoms with E-state index >= 15 is 0 Å². The number of nitrogens with zero attached hydrogens (tertiary/aromatic N) is 2. The van der Waals surface area contributed by atoms with E-state index in [0.29, 0.717) is 10.6 Å². The Morgan fingerprint density at radius 1 is 1.75 bits per heavy atom. The maximum Gasteiger partial charge on any atom is 0.264 e. The summed E-state index contributed by atoms with van der Waals surface area (Å²) in [6, 6.07) is 1.65. The normalized spacial score (nSPS) is 11.2. The fourth-order valence-corrected chi connectivity index (χ4v) is 1.92. The van der Waals surface area contributed by atoms with Crippen LogP contribution in [0.3, 0.4) is 0 Å². The van der Waals surface area contributed by atoms with Gasteiger partial charge in [0.05, 0.1) is 18.5 Å². The number of carbonyl (C=O) groups excluding carboxylic acids is 1. The summed E-state index contributed by atoms with van der Waals surface area (Å²) < 4.78 is 4.98. The first-order chi connectivity index (χ1) is 7.58. The van der Waals surface area contributed by atoms with Crippen LogP contribution in [0.2, 0.25) is 0 Å². The Bertz CT molecular complexity index is 402. The van der Waals surface area contributed by atoms with E-state index in [1.54, 1.807) is 18.5 Å². The van der Waals surface area contributed by atoms with Crippen LogP contribution in [-0.4, -0.2) is 42.6 Å². The summed E-state index contributed by atoms with van der Waals surface area (Å²) in [5.74, 6) is 0.435. The van der Waals surface area contributed by atoms with Crippen molar-refractivity contribution in [2.24, 2.45) is 10.9 Å². The number of nitrogens with two attached hydrogens (primary N) is 1. The quantitative estimate of drug-likeness (QED) is 0.350. The van der Waals surface area contributed by atoms with Gasteiger partial charge in [0, 0.05) is 18.5 Å². The summed E-state index contributed by atoms with van der Waals surface area (Å²) in [6.45, 7) is 0.0789. The Morgan fingerprint density at radius 3 is 2.94 bits per heavy atom. The lowest BCUT2D eigenvalue weighted by Crippen LogP contribution is -2.35. The Kier molecular flexibility index (Phi) is 4.12. The minimum Gasteiger partial charge on any atom is -0.496 e. The lowest BCUT2D eigenvalue weighted by molar-refractivity contribution is 0.0818. The molecule has 0 spiro atoms. The van der Waals surface area contributed by atoms with Gasteiger partial charge in [-0.05, 0) is 0 Å². The average Bonchev–Trinajstić information content (AvgIpc) is 2.76. The SMILES string of the molecule is COc1csc(C(=O)N(C)CC(N)=NO)c1. The molecule has 3 N–H and O–H groups in total. The van der Waals surface area contributed by atoms with Crippen molar-refractivity contribution in [1.82, 2.24) is 4.90 Å². The first-order valence-electron chi connectivity index (χ1n) is 4.43. The van der Waals surface area contributed by atoms with Crippen molar-refractivity contribution in [2.45, 2.75) is 0 Å². The lowest BCUT2D eigenvalue weighted by Gasteiger charge is -2.14. The van der Waals surface area contributed by atoms with Crippen molar-refractivity contribution in [3.05, 3.63) is 16.3 Å². The van der Waals surface area contributed by atoms with Gasteiger partial charge in [0.2, 0.25) is 0 Å². The number of hydrogen-bond acceptors (Lipinski definition) is 5. The standard InChI is InChI=1S/C9H13N3O3S/c1-12(4-8(10)11-14)9(13)7-3-6(15-2)5-16-7/h3,5,14H,4H2,1-2H3,(H2,10,11). The number of oxime groups is 1. The molecule has 0 saturated heterocycles. The van der Waals surface area contributed by atoms with E-state index in [-0.39, 0.29) is 18.3 Å². The van der Waals surface area contributed by atoms with E-state index in [9.17, 15) is 4.79 Å². The van der Waals surface area contributed by atoms with E-state index < -0.39 is 0 Å². The van der Waals surface area contributed by atoms with Crippen LogP contribution >= 0.6 is 11.3 Å². The van der Waals surface area contributed by atoms with Crippen molar-refractivity contribution in [1.29, 1.82) is 0 Å². The fraction of sp³-hybridized carbons (Fsp3) is 0.333. The van der Waals surface area contributed by atoms with E-state index in [1.807, 2.05) is 0 Å². The highest BCUT2D eigenvalue weighted by Crippen LogP contribution is 2.22. The van der Waals surface area contributed by atoms with E-state index in [0.717, 1.165) is 0 Å². The molecule has 6 nitrogen and oxygen atoms in total. The van der Waals surface area contributed by atoms with Gasteiger partial charge in [0.1, 0.15) is 5.75 Å². The summed E-state index contributed by atoms with van der Waals surface area (Å²) in [5, 5.41) is 12.9. The minimum absolute atomic E-state index is 0.0145. The maximum atomic E-state index is 11.8. The first kappa shape index (κ1) is 12.3. The molecule has 0 atom stereocenters. The average molecular weight is 243 g/mol. The molecule has 7 heteroatoms. The van der Waals surface area contributed by atoms with Crippen LogP contribution in [0.4, 0.5) is 0 Å². The van der Waals surface area contributed by atoms with Crippen LogP contribution in [0.5, 0.6) is 5.75 Å². The highest BCUT2D eigenvalue weighted by Gasteiger charge is 2.15. The summed E-state index contributed by atoms with van der Waals surface area (Å²) in [6.07, 6.45) is 0. The van der Waals surface area contributed by atoms with Crippen molar-refractivity contribution in [3.63, 3.8) is 0 Å². The summed E-state index contributed by atoms with van der Waals surface area (Å²) in [7, 11) is 3.11. The van der Waals surface area contributed by atoms with Gasteiger partial charge in [0.25, 0.3) is 5.91 Å². The second kappa shape index (κ2) is 5.36. The maximum absolute atomic E-state index is 11.8. The van der Waals surface area contributed by atoms with Gasteiger partial charge in [0.15, 0.2) is 5.84 Å². The molecule has 0 aliphatic rings. The molecule has 1 heterocycles. The summed E-state index contributed by atoms with van der Waals surface area (Å²) in [5.41, 5.74) is 5.31. The number of thiophene rings is 1. The summed E-state index contributed by atoms with van der Waals surface area (Å²) in [4.78, 5) is 13.7. The van der Waals surface area contributed by atoms with Gasteiger partial charge >= 0.3 is 0 Å². The van der Waals surface area contributed by atoms with Crippen LogP contribution in [0, 0.1) is 0 Å². The van der Waals surface area contributed by atoms with E-state index in [1.165, 1.54) is 23.3 Å². The second-order valence-electron chi connectivity index (χ2n) is 3.10. The van der Waals surface area contributed by atoms with Crippen LogP contribution in [0.1, 0.15) is 9.67 Å². The Hall–Kier alpha value is -1.76. The number of rotatable bonds is 4. The predicted octanol–water partition coefficient (Wildman–Crippen LogP) is 0.575. The zero-order valence-electron chi connectivity index (χ0n) is 9.01. The van der Waals surface area contributed by atoms with Gasteiger partial charge in [-0.15, -0.1) is 11.3 Å². The number of amides is 1. The monoisotopic (exact) mass is 243 g/mol. The van der Waals surface area contributed by atoms with Gasteiger partial charge in [-0.1, -0.05) is 5.16 Å². The third-order valence-corrected chi connectivity index (χ3v) is 2.79. The van der Waals surface area contributed by atoms with Crippen LogP contribution in [0.25, 0.3) is 0 Å². The second-order valence-corrected chi connectivity index (χ2v) is 4.01. The molecule has 88 valence electrons.